The van der Waals surface area contributed by atoms with E-state index in [1.54, 1.807) is 4.57 Å². The fraction of sp³-hybridized carbons (Fsp3) is 0.118. The number of hydrogen-bond donors (Lipinski definition) is 1. The summed E-state index contributed by atoms with van der Waals surface area (Å²) in [5.41, 5.74) is 7.22. The molecule has 1 unspecified atom stereocenters. The molecule has 0 spiro atoms. The van der Waals surface area contributed by atoms with Gasteiger partial charge in [0.1, 0.15) is 0 Å². The zero-order valence-electron chi connectivity index (χ0n) is 11.1. The van der Waals surface area contributed by atoms with Gasteiger partial charge in [0.15, 0.2) is 0 Å². The van der Waals surface area contributed by atoms with Crippen molar-refractivity contribution in [2.75, 3.05) is 0 Å². The van der Waals surface area contributed by atoms with Crippen LogP contribution >= 0.6 is 0 Å². The fourth-order valence-electron chi connectivity index (χ4n) is 2.39. The molecule has 20 heavy (non-hydrogen) atoms. The van der Waals surface area contributed by atoms with Crippen molar-refractivity contribution in [1.82, 2.24) is 4.57 Å². The lowest BCUT2D eigenvalue weighted by Crippen LogP contribution is -2.26. The van der Waals surface area contributed by atoms with Gasteiger partial charge in [-0.2, -0.15) is 0 Å². The summed E-state index contributed by atoms with van der Waals surface area (Å²) < 4.78 is 1.68. The summed E-state index contributed by atoms with van der Waals surface area (Å²) in [6, 6.07) is 19.2. The SMILES string of the molecule is NC(Cn1ccc2ccccc2c1=O)c1ccccc1. The molecule has 1 heterocycles. The van der Waals surface area contributed by atoms with Crippen molar-refractivity contribution in [2.24, 2.45) is 5.73 Å². The number of aromatic nitrogens is 1. The zero-order chi connectivity index (χ0) is 13.9. The Labute approximate surface area is 117 Å². The van der Waals surface area contributed by atoms with Gasteiger partial charge in [-0.15, -0.1) is 0 Å². The second kappa shape index (κ2) is 5.31. The number of nitrogens with two attached hydrogens (primary N) is 1. The predicted octanol–water partition coefficient (Wildman–Crippen LogP) is 2.70. The number of rotatable bonds is 3. The minimum absolute atomic E-state index is 0.00878. The van der Waals surface area contributed by atoms with E-state index in [4.69, 9.17) is 5.73 Å². The van der Waals surface area contributed by atoms with Gasteiger partial charge < -0.3 is 10.3 Å². The Hall–Kier alpha value is -2.39. The summed E-state index contributed by atoms with van der Waals surface area (Å²) in [5.74, 6) is 0. The van der Waals surface area contributed by atoms with E-state index < -0.39 is 0 Å². The quantitative estimate of drug-likeness (QED) is 0.790. The van der Waals surface area contributed by atoms with E-state index in [-0.39, 0.29) is 11.6 Å². The predicted molar refractivity (Wildman–Crippen MR) is 81.6 cm³/mol. The van der Waals surface area contributed by atoms with Gasteiger partial charge in [0.25, 0.3) is 5.56 Å². The fourth-order valence-corrected chi connectivity index (χ4v) is 2.39. The summed E-state index contributed by atoms with van der Waals surface area (Å²) in [6.07, 6.45) is 1.81. The van der Waals surface area contributed by atoms with Crippen LogP contribution in [-0.2, 0) is 6.54 Å². The third-order valence-electron chi connectivity index (χ3n) is 3.51. The van der Waals surface area contributed by atoms with E-state index in [2.05, 4.69) is 0 Å². The van der Waals surface area contributed by atoms with Gasteiger partial charge in [0.05, 0.1) is 0 Å². The van der Waals surface area contributed by atoms with Gasteiger partial charge in [-0.1, -0.05) is 48.5 Å². The highest BCUT2D eigenvalue weighted by atomic mass is 16.1. The van der Waals surface area contributed by atoms with Gasteiger partial charge in [-0.05, 0) is 23.1 Å². The molecule has 1 atom stereocenters. The Morgan fingerprint density at radius 3 is 2.45 bits per heavy atom. The van der Waals surface area contributed by atoms with E-state index in [1.807, 2.05) is 66.9 Å². The standard InChI is InChI=1S/C17H16N2O/c18-16(14-7-2-1-3-8-14)12-19-11-10-13-6-4-5-9-15(13)17(19)20/h1-11,16H,12,18H2. The van der Waals surface area contributed by atoms with Crippen LogP contribution in [0.2, 0.25) is 0 Å². The Balaban J connectivity index is 1.96. The molecular formula is C17H16N2O. The van der Waals surface area contributed by atoms with Crippen molar-refractivity contribution in [3.8, 4) is 0 Å². The monoisotopic (exact) mass is 264 g/mol. The van der Waals surface area contributed by atoms with Crippen molar-refractivity contribution >= 4 is 10.8 Å². The van der Waals surface area contributed by atoms with Crippen LogP contribution in [0.1, 0.15) is 11.6 Å². The zero-order valence-corrected chi connectivity index (χ0v) is 11.1. The second-order valence-electron chi connectivity index (χ2n) is 4.88. The first-order valence-corrected chi connectivity index (χ1v) is 6.64. The number of hydrogen-bond acceptors (Lipinski definition) is 2. The summed E-state index contributed by atoms with van der Waals surface area (Å²) >= 11 is 0. The molecule has 3 heteroatoms. The summed E-state index contributed by atoms with van der Waals surface area (Å²) in [5, 5.41) is 1.69. The van der Waals surface area contributed by atoms with Crippen molar-refractivity contribution in [3.63, 3.8) is 0 Å². The maximum absolute atomic E-state index is 12.4. The van der Waals surface area contributed by atoms with Crippen molar-refractivity contribution in [1.29, 1.82) is 0 Å². The maximum atomic E-state index is 12.4. The average molecular weight is 264 g/mol. The van der Waals surface area contributed by atoms with Crippen molar-refractivity contribution in [2.45, 2.75) is 12.6 Å². The van der Waals surface area contributed by atoms with Gasteiger partial charge in [0, 0.05) is 24.2 Å². The lowest BCUT2D eigenvalue weighted by Gasteiger charge is -2.14. The molecule has 0 amide bonds. The Kier molecular flexibility index (Phi) is 3.35. The van der Waals surface area contributed by atoms with Crippen LogP contribution in [-0.4, -0.2) is 4.57 Å². The number of fused-ring (bicyclic) bond motifs is 1. The molecule has 2 N–H and O–H groups in total. The molecule has 0 bridgehead atoms. The number of nitrogens with zero attached hydrogens (tertiary/aromatic N) is 1. The van der Waals surface area contributed by atoms with Crippen molar-refractivity contribution in [3.05, 3.63) is 82.8 Å². The molecule has 0 saturated heterocycles. The molecule has 3 rings (SSSR count). The van der Waals surface area contributed by atoms with E-state index in [0.29, 0.717) is 6.54 Å². The third kappa shape index (κ3) is 2.36. The summed E-state index contributed by atoms with van der Waals surface area (Å²) in [6.45, 7) is 0.480. The molecule has 0 aliphatic rings. The maximum Gasteiger partial charge on any atom is 0.258 e. The minimum Gasteiger partial charge on any atom is -0.322 e. The average Bonchev–Trinajstić information content (AvgIpc) is 2.51. The topological polar surface area (TPSA) is 48.0 Å². The lowest BCUT2D eigenvalue weighted by molar-refractivity contribution is 0.565. The van der Waals surface area contributed by atoms with Crippen LogP contribution in [0.15, 0.2) is 71.7 Å². The van der Waals surface area contributed by atoms with Crippen LogP contribution in [0.5, 0.6) is 0 Å². The molecule has 1 aromatic heterocycles. The van der Waals surface area contributed by atoms with Crippen LogP contribution in [0, 0.1) is 0 Å². The molecule has 0 radical (unpaired) electrons. The first-order valence-electron chi connectivity index (χ1n) is 6.64. The van der Waals surface area contributed by atoms with Gasteiger partial charge >= 0.3 is 0 Å². The highest BCUT2D eigenvalue weighted by molar-refractivity contribution is 5.81. The number of pyridine rings is 1. The Bertz CT molecular complexity index is 778. The molecule has 3 aromatic rings. The molecule has 2 aromatic carbocycles. The Morgan fingerprint density at radius 1 is 0.950 bits per heavy atom. The molecular weight excluding hydrogens is 248 g/mol. The Morgan fingerprint density at radius 2 is 1.65 bits per heavy atom. The van der Waals surface area contributed by atoms with Crippen LogP contribution in [0.3, 0.4) is 0 Å². The normalized spacial score (nSPS) is 12.4. The molecule has 0 aliphatic carbocycles. The van der Waals surface area contributed by atoms with Crippen molar-refractivity contribution < 1.29 is 0 Å². The highest BCUT2D eigenvalue weighted by Gasteiger charge is 2.08. The molecule has 100 valence electrons. The minimum atomic E-state index is -0.185. The summed E-state index contributed by atoms with van der Waals surface area (Å²) in [7, 11) is 0. The van der Waals surface area contributed by atoms with E-state index in [9.17, 15) is 4.79 Å². The summed E-state index contributed by atoms with van der Waals surface area (Å²) in [4.78, 5) is 12.4. The smallest absolute Gasteiger partial charge is 0.258 e. The van der Waals surface area contributed by atoms with Crippen LogP contribution in [0.25, 0.3) is 10.8 Å². The molecule has 3 nitrogen and oxygen atoms in total. The van der Waals surface area contributed by atoms with E-state index >= 15 is 0 Å². The van der Waals surface area contributed by atoms with Gasteiger partial charge in [-0.25, -0.2) is 0 Å². The molecule has 0 fully saturated rings. The first-order chi connectivity index (χ1) is 9.75. The van der Waals surface area contributed by atoms with E-state index in [0.717, 1.165) is 16.3 Å². The second-order valence-corrected chi connectivity index (χ2v) is 4.88. The third-order valence-corrected chi connectivity index (χ3v) is 3.51. The largest absolute Gasteiger partial charge is 0.322 e. The van der Waals surface area contributed by atoms with Crippen LogP contribution < -0.4 is 11.3 Å². The molecule has 0 saturated carbocycles. The van der Waals surface area contributed by atoms with E-state index in [1.165, 1.54) is 0 Å². The lowest BCUT2D eigenvalue weighted by atomic mass is 10.1. The van der Waals surface area contributed by atoms with Gasteiger partial charge in [0.2, 0.25) is 0 Å². The van der Waals surface area contributed by atoms with Gasteiger partial charge in [-0.3, -0.25) is 4.79 Å². The highest BCUT2D eigenvalue weighted by Crippen LogP contribution is 2.13. The molecule has 0 aliphatic heterocycles. The number of benzene rings is 2. The van der Waals surface area contributed by atoms with Crippen LogP contribution in [0.4, 0.5) is 0 Å². The first kappa shape index (κ1) is 12.6.